The molecule has 0 atom stereocenters. The number of hydrogen-bond acceptors (Lipinski definition) is 4. The molecule has 1 aliphatic rings. The Balaban J connectivity index is 1.67. The third kappa shape index (κ3) is 4.85. The van der Waals surface area contributed by atoms with Gasteiger partial charge >= 0.3 is 0 Å². The van der Waals surface area contributed by atoms with E-state index in [9.17, 15) is 4.79 Å². The summed E-state index contributed by atoms with van der Waals surface area (Å²) in [7, 11) is 0. The molecule has 2 aromatic carbocycles. The van der Waals surface area contributed by atoms with Gasteiger partial charge in [-0.15, -0.1) is 0 Å². The van der Waals surface area contributed by atoms with E-state index in [4.69, 9.17) is 16.3 Å². The fourth-order valence-electron chi connectivity index (χ4n) is 4.01. The highest BCUT2D eigenvalue weighted by Gasteiger charge is 2.32. The Morgan fingerprint density at radius 1 is 1.27 bits per heavy atom. The van der Waals surface area contributed by atoms with Crippen LogP contribution in [0.2, 0.25) is 5.02 Å². The molecule has 0 bridgehead atoms. The molecule has 30 heavy (non-hydrogen) atoms. The van der Waals surface area contributed by atoms with Crippen molar-refractivity contribution in [2.45, 2.75) is 46.2 Å². The molecule has 0 unspecified atom stereocenters. The van der Waals surface area contributed by atoms with Gasteiger partial charge in [-0.05, 0) is 70.0 Å². The predicted molar refractivity (Wildman–Crippen MR) is 124 cm³/mol. The molecule has 0 spiro atoms. The van der Waals surface area contributed by atoms with Crippen molar-refractivity contribution < 1.29 is 9.53 Å². The Kier molecular flexibility index (Phi) is 6.52. The van der Waals surface area contributed by atoms with Gasteiger partial charge in [0.2, 0.25) is 0 Å². The van der Waals surface area contributed by atoms with Crippen LogP contribution in [0.5, 0.6) is 5.75 Å². The third-order valence-electron chi connectivity index (χ3n) is 5.01. The third-order valence-corrected chi connectivity index (χ3v) is 5.32. The molecule has 6 heteroatoms. The normalized spacial score (nSPS) is 15.2. The van der Waals surface area contributed by atoms with Crippen LogP contribution in [0.1, 0.15) is 45.7 Å². The number of fused-ring (bicyclic) bond motifs is 1. The van der Waals surface area contributed by atoms with E-state index < -0.39 is 0 Å². The fourth-order valence-corrected chi connectivity index (χ4v) is 4.20. The number of carbonyl (C=O) groups is 1. The Morgan fingerprint density at radius 3 is 2.70 bits per heavy atom. The molecule has 158 valence electrons. The van der Waals surface area contributed by atoms with E-state index in [1.165, 1.54) is 16.8 Å². The van der Waals surface area contributed by atoms with Gasteiger partial charge in [-0.25, -0.2) is 5.43 Å². The zero-order valence-electron chi connectivity index (χ0n) is 18.1. The van der Waals surface area contributed by atoms with E-state index in [1.807, 2.05) is 6.07 Å². The molecule has 1 heterocycles. The number of para-hydroxylation sites is 1. The predicted octanol–water partition coefficient (Wildman–Crippen LogP) is 5.28. The van der Waals surface area contributed by atoms with Crippen molar-refractivity contribution in [2.24, 2.45) is 5.10 Å². The van der Waals surface area contributed by atoms with Crippen LogP contribution in [0.4, 0.5) is 5.69 Å². The summed E-state index contributed by atoms with van der Waals surface area (Å²) in [5.41, 5.74) is 6.99. The van der Waals surface area contributed by atoms with Gasteiger partial charge in [0, 0.05) is 17.3 Å². The minimum Gasteiger partial charge on any atom is -0.482 e. The van der Waals surface area contributed by atoms with E-state index in [1.54, 1.807) is 30.5 Å². The first-order valence-electron chi connectivity index (χ1n) is 10.0. The van der Waals surface area contributed by atoms with E-state index in [0.29, 0.717) is 16.8 Å². The lowest BCUT2D eigenvalue weighted by molar-refractivity contribution is -0.123. The Hall–Kier alpha value is -2.79. The molecule has 1 aliphatic heterocycles. The van der Waals surface area contributed by atoms with Gasteiger partial charge in [0.25, 0.3) is 5.91 Å². The number of allylic oxidation sites excluding steroid dienone is 1. The molecule has 0 saturated heterocycles. The summed E-state index contributed by atoms with van der Waals surface area (Å²) in [6.07, 6.45) is 3.94. The zero-order valence-corrected chi connectivity index (χ0v) is 18.8. The van der Waals surface area contributed by atoms with E-state index >= 15 is 0 Å². The van der Waals surface area contributed by atoms with E-state index in [2.05, 4.69) is 68.3 Å². The molecule has 1 N–H and O–H groups in total. The minimum atomic E-state index is -0.354. The van der Waals surface area contributed by atoms with Crippen molar-refractivity contribution >= 4 is 35.0 Å². The van der Waals surface area contributed by atoms with Crippen LogP contribution in [-0.2, 0) is 4.79 Å². The number of amides is 1. The van der Waals surface area contributed by atoms with Crippen LogP contribution >= 0.6 is 11.6 Å². The maximum Gasteiger partial charge on any atom is 0.277 e. The molecular weight excluding hydrogens is 398 g/mol. The van der Waals surface area contributed by atoms with Gasteiger partial charge < -0.3 is 9.64 Å². The number of ether oxygens (including phenoxy) is 1. The second kappa shape index (κ2) is 8.92. The number of anilines is 1. The summed E-state index contributed by atoms with van der Waals surface area (Å²) < 4.78 is 5.41. The Morgan fingerprint density at radius 2 is 2.00 bits per heavy atom. The molecule has 0 radical (unpaired) electrons. The van der Waals surface area contributed by atoms with Gasteiger partial charge in [-0.1, -0.05) is 35.9 Å². The topological polar surface area (TPSA) is 53.9 Å². The first kappa shape index (κ1) is 21.9. The maximum atomic E-state index is 12.0. The van der Waals surface area contributed by atoms with Gasteiger partial charge in [-0.2, -0.15) is 5.10 Å². The van der Waals surface area contributed by atoms with Crippen molar-refractivity contribution in [1.82, 2.24) is 5.43 Å². The monoisotopic (exact) mass is 425 g/mol. The lowest BCUT2D eigenvalue weighted by Crippen LogP contribution is -2.49. The van der Waals surface area contributed by atoms with Gasteiger partial charge in [0.15, 0.2) is 6.61 Å². The lowest BCUT2D eigenvalue weighted by Gasteiger charge is -2.46. The summed E-state index contributed by atoms with van der Waals surface area (Å²) in [6.45, 7) is 10.8. The number of nitrogens with one attached hydrogen (secondary N) is 1. The molecule has 0 saturated carbocycles. The first-order valence-corrected chi connectivity index (χ1v) is 10.4. The van der Waals surface area contributed by atoms with Crippen LogP contribution in [0, 0.1) is 0 Å². The summed E-state index contributed by atoms with van der Waals surface area (Å²) >= 11 is 6.01. The van der Waals surface area contributed by atoms with Crippen LogP contribution in [0.15, 0.2) is 53.6 Å². The van der Waals surface area contributed by atoms with Crippen LogP contribution in [0.3, 0.4) is 0 Å². The second-order valence-electron chi connectivity index (χ2n) is 8.23. The molecule has 0 fully saturated rings. The Bertz CT molecular complexity index is 996. The van der Waals surface area contributed by atoms with Crippen molar-refractivity contribution in [3.63, 3.8) is 0 Å². The molecule has 0 aliphatic carbocycles. The summed E-state index contributed by atoms with van der Waals surface area (Å²) in [6, 6.07) is 13.6. The smallest absolute Gasteiger partial charge is 0.277 e. The lowest BCUT2D eigenvalue weighted by atomic mass is 9.87. The zero-order chi connectivity index (χ0) is 21.9. The number of hydrogen-bond donors (Lipinski definition) is 1. The summed E-state index contributed by atoms with van der Waals surface area (Å²) in [4.78, 5) is 14.4. The molecule has 1 amide bonds. The number of hydrazone groups is 1. The maximum absolute atomic E-state index is 12.0. The number of benzene rings is 2. The SMILES string of the molecule is CC1=CC(C)(C)N(C(C)C)c2ccc(/C=N/NC(=O)COc3ccccc3Cl)cc21. The average molecular weight is 426 g/mol. The highest BCUT2D eigenvalue weighted by atomic mass is 35.5. The fraction of sp³-hybridized carbons (Fsp3) is 0.333. The first-order chi connectivity index (χ1) is 14.2. The molecule has 2 aromatic rings. The quantitative estimate of drug-likeness (QED) is 0.506. The summed E-state index contributed by atoms with van der Waals surface area (Å²) in [5.74, 6) is 0.112. The van der Waals surface area contributed by atoms with Crippen LogP contribution in [-0.4, -0.2) is 30.3 Å². The van der Waals surface area contributed by atoms with Gasteiger partial charge in [-0.3, -0.25) is 4.79 Å². The molecule has 5 nitrogen and oxygen atoms in total. The van der Waals surface area contributed by atoms with Crippen LogP contribution < -0.4 is 15.1 Å². The van der Waals surface area contributed by atoms with Crippen molar-refractivity contribution in [3.8, 4) is 5.75 Å². The second-order valence-corrected chi connectivity index (χ2v) is 8.64. The largest absolute Gasteiger partial charge is 0.482 e. The number of nitrogens with zero attached hydrogens (tertiary/aromatic N) is 2. The van der Waals surface area contributed by atoms with Gasteiger partial charge in [0.05, 0.1) is 16.8 Å². The molecular formula is C24H28ClN3O2. The highest BCUT2D eigenvalue weighted by Crippen LogP contribution is 2.40. The number of carbonyl (C=O) groups excluding carboxylic acids is 1. The van der Waals surface area contributed by atoms with E-state index in [-0.39, 0.29) is 18.1 Å². The van der Waals surface area contributed by atoms with Crippen molar-refractivity contribution in [2.75, 3.05) is 11.5 Å². The molecule has 0 aromatic heterocycles. The van der Waals surface area contributed by atoms with E-state index in [0.717, 1.165) is 5.56 Å². The van der Waals surface area contributed by atoms with Gasteiger partial charge in [0.1, 0.15) is 5.75 Å². The van der Waals surface area contributed by atoms with Crippen molar-refractivity contribution in [1.29, 1.82) is 0 Å². The minimum absolute atomic E-state index is 0.0452. The average Bonchev–Trinajstić information content (AvgIpc) is 2.67. The van der Waals surface area contributed by atoms with Crippen LogP contribution in [0.25, 0.3) is 5.57 Å². The standard InChI is InChI=1S/C24H28ClN3O2/c1-16(2)28-21-11-10-18(12-19(21)17(3)13-24(28,4)5)14-26-27-23(29)15-30-22-9-7-6-8-20(22)25/h6-14,16H,15H2,1-5H3,(H,27,29)/b26-14+. The van der Waals surface area contributed by atoms with Crippen molar-refractivity contribution in [3.05, 3.63) is 64.7 Å². The Labute approximate surface area is 183 Å². The highest BCUT2D eigenvalue weighted by molar-refractivity contribution is 6.32. The number of rotatable bonds is 6. The number of halogens is 1. The molecule has 3 rings (SSSR count). The summed E-state index contributed by atoms with van der Waals surface area (Å²) in [5, 5.41) is 4.53.